The van der Waals surface area contributed by atoms with Crippen LogP contribution in [0.2, 0.25) is 0 Å². The topological polar surface area (TPSA) is 39.9 Å². The minimum atomic E-state index is 0.697. The molecule has 2 aromatic rings. The van der Waals surface area contributed by atoms with Crippen LogP contribution in [0, 0.1) is 11.3 Å². The molecule has 0 radical (unpaired) electrons. The van der Waals surface area contributed by atoms with E-state index < -0.39 is 0 Å². The highest BCUT2D eigenvalue weighted by molar-refractivity contribution is 5.95. The molecule has 96 valence electrons. The molecule has 1 aliphatic rings. The second-order valence-electron chi connectivity index (χ2n) is 5.03. The lowest BCUT2D eigenvalue weighted by Crippen LogP contribution is -2.19. The van der Waals surface area contributed by atoms with Gasteiger partial charge in [0, 0.05) is 24.7 Å². The summed E-state index contributed by atoms with van der Waals surface area (Å²) in [5.41, 5.74) is 4.06. The molecule has 0 atom stereocenters. The van der Waals surface area contributed by atoms with E-state index in [9.17, 15) is 5.26 Å². The van der Waals surface area contributed by atoms with Gasteiger partial charge in [-0.2, -0.15) is 5.26 Å². The van der Waals surface area contributed by atoms with Gasteiger partial charge in [-0.15, -0.1) is 0 Å². The Morgan fingerprint density at radius 3 is 2.79 bits per heavy atom. The van der Waals surface area contributed by atoms with Crippen LogP contribution < -0.4 is 4.90 Å². The molecule has 1 aromatic heterocycles. The van der Waals surface area contributed by atoms with Crippen LogP contribution in [-0.4, -0.2) is 18.1 Å². The monoisotopic (exact) mass is 251 g/mol. The van der Waals surface area contributed by atoms with Crippen molar-refractivity contribution in [2.24, 2.45) is 0 Å². The van der Waals surface area contributed by atoms with E-state index in [0.29, 0.717) is 5.56 Å². The Hall–Kier alpha value is -2.08. The van der Waals surface area contributed by atoms with Gasteiger partial charge >= 0.3 is 0 Å². The summed E-state index contributed by atoms with van der Waals surface area (Å²) in [7, 11) is 0. The summed E-state index contributed by atoms with van der Waals surface area (Å²) in [6, 6.07) is 8.67. The molecule has 0 aliphatic carbocycles. The summed E-state index contributed by atoms with van der Waals surface area (Å²) in [5.74, 6) is 0. The van der Waals surface area contributed by atoms with E-state index in [4.69, 9.17) is 0 Å². The number of benzene rings is 1. The third kappa shape index (κ3) is 2.04. The fourth-order valence-electron chi connectivity index (χ4n) is 2.81. The molecule has 0 bridgehead atoms. The Morgan fingerprint density at radius 1 is 1.32 bits per heavy atom. The lowest BCUT2D eigenvalue weighted by Gasteiger charge is -2.21. The van der Waals surface area contributed by atoms with E-state index in [0.717, 1.165) is 36.1 Å². The van der Waals surface area contributed by atoms with Gasteiger partial charge < -0.3 is 4.90 Å². The molecule has 0 amide bonds. The zero-order valence-corrected chi connectivity index (χ0v) is 11.2. The van der Waals surface area contributed by atoms with Gasteiger partial charge in [-0.3, -0.25) is 4.98 Å². The van der Waals surface area contributed by atoms with Crippen LogP contribution in [0.4, 0.5) is 5.69 Å². The van der Waals surface area contributed by atoms with Gasteiger partial charge in [-0.05, 0) is 37.0 Å². The molecular weight excluding hydrogens is 234 g/mol. The molecule has 3 rings (SSSR count). The van der Waals surface area contributed by atoms with Crippen LogP contribution in [0.15, 0.2) is 24.4 Å². The van der Waals surface area contributed by atoms with E-state index in [1.165, 1.54) is 18.4 Å². The maximum Gasteiger partial charge on any atom is 0.103 e. The second-order valence-corrected chi connectivity index (χ2v) is 5.03. The first-order valence-corrected chi connectivity index (χ1v) is 6.90. The SMILES string of the molecule is CCc1ccc2ncc(C#N)c(N3CCCC3)c2c1. The lowest BCUT2D eigenvalue weighted by molar-refractivity contribution is 0.949. The Labute approximate surface area is 113 Å². The predicted molar refractivity (Wildman–Crippen MR) is 77.3 cm³/mol. The van der Waals surface area contributed by atoms with E-state index in [1.54, 1.807) is 6.20 Å². The van der Waals surface area contributed by atoms with Crippen molar-refractivity contribution in [1.82, 2.24) is 4.98 Å². The van der Waals surface area contributed by atoms with Crippen molar-refractivity contribution >= 4 is 16.6 Å². The van der Waals surface area contributed by atoms with Gasteiger partial charge in [0.1, 0.15) is 6.07 Å². The molecule has 1 saturated heterocycles. The third-order valence-corrected chi connectivity index (χ3v) is 3.85. The molecule has 0 N–H and O–H groups in total. The molecule has 3 nitrogen and oxygen atoms in total. The highest BCUT2D eigenvalue weighted by Gasteiger charge is 2.19. The molecule has 3 heteroatoms. The van der Waals surface area contributed by atoms with E-state index >= 15 is 0 Å². The van der Waals surface area contributed by atoms with Crippen molar-refractivity contribution in [3.63, 3.8) is 0 Å². The zero-order valence-electron chi connectivity index (χ0n) is 11.2. The molecule has 2 heterocycles. The maximum atomic E-state index is 9.35. The van der Waals surface area contributed by atoms with Crippen molar-refractivity contribution in [3.8, 4) is 6.07 Å². The van der Waals surface area contributed by atoms with Gasteiger partial charge in [-0.25, -0.2) is 0 Å². The highest BCUT2D eigenvalue weighted by atomic mass is 15.1. The van der Waals surface area contributed by atoms with Crippen molar-refractivity contribution < 1.29 is 0 Å². The molecule has 19 heavy (non-hydrogen) atoms. The molecular formula is C16H17N3. The van der Waals surface area contributed by atoms with Crippen LogP contribution in [0.25, 0.3) is 10.9 Å². The third-order valence-electron chi connectivity index (χ3n) is 3.85. The highest BCUT2D eigenvalue weighted by Crippen LogP contribution is 2.32. The summed E-state index contributed by atoms with van der Waals surface area (Å²) in [6.07, 6.45) is 5.14. The average molecular weight is 251 g/mol. The van der Waals surface area contributed by atoms with Crippen LogP contribution in [0.5, 0.6) is 0 Å². The zero-order chi connectivity index (χ0) is 13.2. The van der Waals surface area contributed by atoms with Crippen molar-refractivity contribution in [2.75, 3.05) is 18.0 Å². The fraction of sp³-hybridized carbons (Fsp3) is 0.375. The molecule has 1 fully saturated rings. The van der Waals surface area contributed by atoms with Crippen LogP contribution in [0.3, 0.4) is 0 Å². The Morgan fingerprint density at radius 2 is 2.11 bits per heavy atom. The summed E-state index contributed by atoms with van der Waals surface area (Å²) >= 11 is 0. The standard InChI is InChI=1S/C16H17N3/c1-2-12-5-6-15-14(9-12)16(13(10-17)11-18-15)19-7-3-4-8-19/h5-6,9,11H,2-4,7-8H2,1H3. The first kappa shape index (κ1) is 12.0. The summed E-state index contributed by atoms with van der Waals surface area (Å²) in [5, 5.41) is 10.5. The summed E-state index contributed by atoms with van der Waals surface area (Å²) < 4.78 is 0. The lowest BCUT2D eigenvalue weighted by atomic mass is 10.0. The minimum absolute atomic E-state index is 0.697. The summed E-state index contributed by atoms with van der Waals surface area (Å²) in [4.78, 5) is 6.75. The molecule has 1 aliphatic heterocycles. The number of nitrogens with zero attached hydrogens (tertiary/aromatic N) is 3. The first-order chi connectivity index (χ1) is 9.33. The molecule has 0 spiro atoms. The van der Waals surface area contributed by atoms with E-state index in [1.807, 2.05) is 0 Å². The van der Waals surface area contributed by atoms with Crippen LogP contribution >= 0.6 is 0 Å². The summed E-state index contributed by atoms with van der Waals surface area (Å²) in [6.45, 7) is 4.24. The number of aromatic nitrogens is 1. The smallest absolute Gasteiger partial charge is 0.103 e. The number of anilines is 1. The minimum Gasteiger partial charge on any atom is -0.370 e. The second kappa shape index (κ2) is 4.89. The van der Waals surface area contributed by atoms with Crippen molar-refractivity contribution in [3.05, 3.63) is 35.5 Å². The average Bonchev–Trinajstić information content (AvgIpc) is 2.99. The fourth-order valence-corrected chi connectivity index (χ4v) is 2.81. The van der Waals surface area contributed by atoms with Gasteiger partial charge in [0.15, 0.2) is 0 Å². The van der Waals surface area contributed by atoms with E-state index in [2.05, 4.69) is 41.1 Å². The predicted octanol–water partition coefficient (Wildman–Crippen LogP) is 3.27. The number of rotatable bonds is 2. The largest absolute Gasteiger partial charge is 0.370 e. The Balaban J connectivity index is 2.26. The number of fused-ring (bicyclic) bond motifs is 1. The molecule has 1 aromatic carbocycles. The number of aryl methyl sites for hydroxylation is 1. The van der Waals surface area contributed by atoms with Gasteiger partial charge in [0.25, 0.3) is 0 Å². The number of pyridine rings is 1. The van der Waals surface area contributed by atoms with Crippen molar-refractivity contribution in [2.45, 2.75) is 26.2 Å². The number of hydrogen-bond donors (Lipinski definition) is 0. The van der Waals surface area contributed by atoms with Gasteiger partial charge in [0.05, 0.1) is 16.8 Å². The van der Waals surface area contributed by atoms with Gasteiger partial charge in [-0.1, -0.05) is 13.0 Å². The first-order valence-electron chi connectivity index (χ1n) is 6.90. The van der Waals surface area contributed by atoms with Crippen molar-refractivity contribution in [1.29, 1.82) is 5.26 Å². The molecule has 0 unspecified atom stereocenters. The number of nitriles is 1. The Bertz CT molecular complexity index is 649. The Kier molecular flexibility index (Phi) is 3.08. The van der Waals surface area contributed by atoms with E-state index in [-0.39, 0.29) is 0 Å². The maximum absolute atomic E-state index is 9.35. The quantitative estimate of drug-likeness (QED) is 0.822. The normalized spacial score (nSPS) is 14.8. The van der Waals surface area contributed by atoms with Gasteiger partial charge in [0.2, 0.25) is 0 Å². The number of hydrogen-bond acceptors (Lipinski definition) is 3. The van der Waals surface area contributed by atoms with Crippen LogP contribution in [0.1, 0.15) is 30.9 Å². The molecule has 0 saturated carbocycles. The van der Waals surface area contributed by atoms with Crippen LogP contribution in [-0.2, 0) is 6.42 Å².